The maximum Gasteiger partial charge on any atom is 0.237 e. The molecule has 0 radical (unpaired) electrons. The minimum Gasteiger partial charge on any atom is -0.494 e. The molecule has 0 spiro atoms. The minimum atomic E-state index is -0.222. The van der Waals surface area contributed by atoms with Crippen LogP contribution in [-0.2, 0) is 0 Å². The molecular formula is C18H13N5OS. The lowest BCUT2D eigenvalue weighted by atomic mass is 10.2. The van der Waals surface area contributed by atoms with Gasteiger partial charge in [-0.1, -0.05) is 0 Å². The van der Waals surface area contributed by atoms with Crippen molar-refractivity contribution in [2.45, 2.75) is 6.92 Å². The van der Waals surface area contributed by atoms with Crippen LogP contribution in [0.4, 0.5) is 5.69 Å². The molecule has 0 fully saturated rings. The van der Waals surface area contributed by atoms with Crippen LogP contribution in [0, 0.1) is 22.7 Å². The standard InChI is InChI=1S/C18H13N5OS/c1-2-24-15-7-8-16-17(9-15)25-18(21-16)12-3-5-13(6-4-12)22-23-14(10-19)11-20/h3-9,22H,2H2,1H3. The number of rotatable bonds is 5. The lowest BCUT2D eigenvalue weighted by molar-refractivity contribution is 0.341. The first kappa shape index (κ1) is 16.4. The predicted molar refractivity (Wildman–Crippen MR) is 98.5 cm³/mol. The van der Waals surface area contributed by atoms with Gasteiger partial charge in [0.05, 0.1) is 22.5 Å². The lowest BCUT2D eigenvalue weighted by Gasteiger charge is -2.01. The number of ether oxygens (including phenoxy) is 1. The van der Waals surface area contributed by atoms with Gasteiger partial charge in [-0.3, -0.25) is 5.43 Å². The van der Waals surface area contributed by atoms with Crippen molar-refractivity contribution in [2.24, 2.45) is 5.10 Å². The topological polar surface area (TPSA) is 94.1 Å². The highest BCUT2D eigenvalue weighted by Gasteiger charge is 2.07. The summed E-state index contributed by atoms with van der Waals surface area (Å²) in [6, 6.07) is 16.7. The molecule has 122 valence electrons. The molecule has 0 aliphatic heterocycles. The summed E-state index contributed by atoms with van der Waals surface area (Å²) in [5, 5.41) is 21.9. The number of hydrazone groups is 1. The molecular weight excluding hydrogens is 334 g/mol. The van der Waals surface area contributed by atoms with E-state index in [4.69, 9.17) is 15.3 Å². The molecule has 0 bridgehead atoms. The van der Waals surface area contributed by atoms with Crippen LogP contribution in [0.1, 0.15) is 6.92 Å². The van der Waals surface area contributed by atoms with E-state index in [2.05, 4.69) is 15.5 Å². The van der Waals surface area contributed by atoms with Gasteiger partial charge in [-0.2, -0.15) is 15.6 Å². The van der Waals surface area contributed by atoms with Crippen LogP contribution >= 0.6 is 11.3 Å². The second-order valence-corrected chi connectivity index (χ2v) is 5.99. The first-order valence-corrected chi connectivity index (χ1v) is 8.33. The monoisotopic (exact) mass is 347 g/mol. The third kappa shape index (κ3) is 3.74. The van der Waals surface area contributed by atoms with Gasteiger partial charge in [0.2, 0.25) is 5.71 Å². The molecule has 2 aromatic carbocycles. The van der Waals surface area contributed by atoms with Gasteiger partial charge in [0, 0.05) is 5.56 Å². The number of benzene rings is 2. The largest absolute Gasteiger partial charge is 0.494 e. The molecule has 0 aliphatic carbocycles. The fraction of sp³-hybridized carbons (Fsp3) is 0.111. The van der Waals surface area contributed by atoms with E-state index < -0.39 is 0 Å². The van der Waals surface area contributed by atoms with Crippen molar-refractivity contribution in [3.05, 3.63) is 42.5 Å². The highest BCUT2D eigenvalue weighted by atomic mass is 32.1. The summed E-state index contributed by atoms with van der Waals surface area (Å²) in [7, 11) is 0. The number of nitrogens with one attached hydrogen (secondary N) is 1. The minimum absolute atomic E-state index is 0.222. The number of anilines is 1. The third-order valence-corrected chi connectivity index (χ3v) is 4.38. The molecule has 0 saturated heterocycles. The fourth-order valence-corrected chi connectivity index (χ4v) is 3.17. The molecule has 1 aromatic heterocycles. The van der Waals surface area contributed by atoms with Crippen molar-refractivity contribution in [1.29, 1.82) is 10.5 Å². The number of aromatic nitrogens is 1. The summed E-state index contributed by atoms with van der Waals surface area (Å²) < 4.78 is 6.59. The molecule has 0 aliphatic rings. The smallest absolute Gasteiger partial charge is 0.237 e. The highest BCUT2D eigenvalue weighted by Crippen LogP contribution is 2.32. The van der Waals surface area contributed by atoms with Crippen LogP contribution in [0.3, 0.4) is 0 Å². The average Bonchev–Trinajstić information content (AvgIpc) is 3.07. The molecule has 0 amide bonds. The number of nitriles is 2. The Hall–Kier alpha value is -3.42. The summed E-state index contributed by atoms with van der Waals surface area (Å²) >= 11 is 1.60. The molecule has 1 N–H and O–H groups in total. The molecule has 7 heteroatoms. The van der Waals surface area contributed by atoms with Crippen LogP contribution < -0.4 is 10.2 Å². The summed E-state index contributed by atoms with van der Waals surface area (Å²) in [5.41, 5.74) is 5.06. The van der Waals surface area contributed by atoms with Crippen molar-refractivity contribution in [3.8, 4) is 28.5 Å². The SMILES string of the molecule is CCOc1ccc2nc(-c3ccc(NN=C(C#N)C#N)cc3)sc2c1. The normalized spacial score (nSPS) is 9.88. The Labute approximate surface area is 148 Å². The Morgan fingerprint density at radius 1 is 1.20 bits per heavy atom. The number of hydrogen-bond acceptors (Lipinski definition) is 7. The highest BCUT2D eigenvalue weighted by molar-refractivity contribution is 7.21. The van der Waals surface area contributed by atoms with Gasteiger partial charge in [0.25, 0.3) is 0 Å². The van der Waals surface area contributed by atoms with Crippen molar-refractivity contribution in [2.75, 3.05) is 12.0 Å². The van der Waals surface area contributed by atoms with Gasteiger partial charge in [-0.15, -0.1) is 11.3 Å². The fourth-order valence-electron chi connectivity index (χ4n) is 2.17. The van der Waals surface area contributed by atoms with E-state index in [1.165, 1.54) is 0 Å². The zero-order valence-corrected chi connectivity index (χ0v) is 14.2. The van der Waals surface area contributed by atoms with Gasteiger partial charge in [-0.25, -0.2) is 4.98 Å². The van der Waals surface area contributed by atoms with Crippen molar-refractivity contribution < 1.29 is 4.74 Å². The first-order chi connectivity index (χ1) is 12.2. The van der Waals surface area contributed by atoms with E-state index in [1.54, 1.807) is 23.5 Å². The van der Waals surface area contributed by atoms with Crippen LogP contribution in [0.15, 0.2) is 47.6 Å². The Balaban J connectivity index is 1.82. The van der Waals surface area contributed by atoms with Gasteiger partial charge < -0.3 is 4.74 Å². The molecule has 3 rings (SSSR count). The molecule has 0 unspecified atom stereocenters. The van der Waals surface area contributed by atoms with Crippen LogP contribution in [0.5, 0.6) is 5.75 Å². The molecule has 6 nitrogen and oxygen atoms in total. The Bertz CT molecular complexity index is 993. The Morgan fingerprint density at radius 3 is 2.64 bits per heavy atom. The van der Waals surface area contributed by atoms with Crippen molar-refractivity contribution >= 4 is 33.0 Å². The maximum absolute atomic E-state index is 8.66. The first-order valence-electron chi connectivity index (χ1n) is 7.51. The molecule has 0 atom stereocenters. The second kappa shape index (κ2) is 7.43. The average molecular weight is 347 g/mol. The molecule has 25 heavy (non-hydrogen) atoms. The summed E-state index contributed by atoms with van der Waals surface area (Å²) in [5.74, 6) is 0.841. The quantitative estimate of drug-likeness (QED) is 0.552. The van der Waals surface area contributed by atoms with E-state index in [0.29, 0.717) is 12.3 Å². The van der Waals surface area contributed by atoms with Gasteiger partial charge >= 0.3 is 0 Å². The predicted octanol–water partition coefficient (Wildman–Crippen LogP) is 4.18. The van der Waals surface area contributed by atoms with Gasteiger partial charge in [0.15, 0.2) is 0 Å². The molecule has 0 saturated carbocycles. The molecule has 3 aromatic rings. The number of fused-ring (bicyclic) bond motifs is 1. The van der Waals surface area contributed by atoms with E-state index in [9.17, 15) is 0 Å². The van der Waals surface area contributed by atoms with Crippen molar-refractivity contribution in [3.63, 3.8) is 0 Å². The number of thiazole rings is 1. The van der Waals surface area contributed by atoms with Gasteiger partial charge in [0.1, 0.15) is 22.9 Å². The van der Waals surface area contributed by atoms with Crippen LogP contribution in [-0.4, -0.2) is 17.3 Å². The number of nitrogens with zero attached hydrogens (tertiary/aromatic N) is 4. The van der Waals surface area contributed by atoms with E-state index in [-0.39, 0.29) is 5.71 Å². The zero-order chi connectivity index (χ0) is 17.6. The summed E-state index contributed by atoms with van der Waals surface area (Å²) in [6.45, 7) is 2.59. The van der Waals surface area contributed by atoms with E-state index in [0.717, 1.165) is 26.5 Å². The van der Waals surface area contributed by atoms with Gasteiger partial charge in [-0.05, 0) is 49.4 Å². The van der Waals surface area contributed by atoms with Crippen molar-refractivity contribution in [1.82, 2.24) is 4.98 Å². The zero-order valence-electron chi connectivity index (χ0n) is 13.4. The van der Waals surface area contributed by atoms with E-state index in [1.807, 2.05) is 49.4 Å². The van der Waals surface area contributed by atoms with Crippen LogP contribution in [0.25, 0.3) is 20.8 Å². The third-order valence-electron chi connectivity index (χ3n) is 3.31. The Morgan fingerprint density at radius 2 is 1.96 bits per heavy atom. The summed E-state index contributed by atoms with van der Waals surface area (Å²) in [4.78, 5) is 4.64. The second-order valence-electron chi connectivity index (χ2n) is 4.95. The number of hydrogen-bond donors (Lipinski definition) is 1. The van der Waals surface area contributed by atoms with E-state index >= 15 is 0 Å². The van der Waals surface area contributed by atoms with Crippen LogP contribution in [0.2, 0.25) is 0 Å². The summed E-state index contributed by atoms with van der Waals surface area (Å²) in [6.07, 6.45) is 0. The maximum atomic E-state index is 8.66. The molecule has 1 heterocycles. The lowest BCUT2D eigenvalue weighted by Crippen LogP contribution is -1.96. The Kier molecular flexibility index (Phi) is 4.89.